The van der Waals surface area contributed by atoms with E-state index in [9.17, 15) is 0 Å². The molecule has 3 aromatic rings. The molecule has 0 radical (unpaired) electrons. The topological polar surface area (TPSA) is 56.3 Å². The van der Waals surface area contributed by atoms with Gasteiger partial charge in [0.2, 0.25) is 5.95 Å². The van der Waals surface area contributed by atoms with Crippen molar-refractivity contribution in [2.75, 3.05) is 28.2 Å². The molecule has 2 aromatic carbocycles. The van der Waals surface area contributed by atoms with Crippen LogP contribution in [-0.4, -0.2) is 34.2 Å². The summed E-state index contributed by atoms with van der Waals surface area (Å²) in [5.41, 5.74) is 5.62. The van der Waals surface area contributed by atoms with E-state index >= 15 is 0 Å². The Morgan fingerprint density at radius 3 is 1.83 bits per heavy atom. The van der Waals surface area contributed by atoms with Crippen LogP contribution in [0.5, 0.6) is 0 Å². The van der Waals surface area contributed by atoms with Crippen LogP contribution < -0.4 is 20.4 Å². The SMILES string of the molecule is S=C(Nc1nc(N2CCc3ccccc3C2)cc(N2CCc3ccccc3C2)n1)NC1CCCC1. The third-order valence-electron chi connectivity index (χ3n) is 7.52. The number of hydrogen-bond donors (Lipinski definition) is 2. The van der Waals surface area contributed by atoms with Gasteiger partial charge in [-0.2, -0.15) is 9.97 Å². The van der Waals surface area contributed by atoms with Gasteiger partial charge in [0.1, 0.15) is 11.6 Å². The average Bonchev–Trinajstić information content (AvgIpc) is 3.40. The quantitative estimate of drug-likeness (QED) is 0.515. The van der Waals surface area contributed by atoms with Gasteiger partial charge in [0, 0.05) is 38.3 Å². The van der Waals surface area contributed by atoms with Crippen molar-refractivity contribution in [2.24, 2.45) is 0 Å². The number of hydrogen-bond acceptors (Lipinski definition) is 5. The molecule has 3 aliphatic rings. The van der Waals surface area contributed by atoms with Gasteiger partial charge in [0.05, 0.1) is 0 Å². The summed E-state index contributed by atoms with van der Waals surface area (Å²) >= 11 is 5.65. The second-order valence-corrected chi connectivity index (χ2v) is 10.3. The van der Waals surface area contributed by atoms with Crippen molar-refractivity contribution in [3.8, 4) is 0 Å². The molecule has 0 bridgehead atoms. The molecule has 6 nitrogen and oxygen atoms in total. The molecule has 0 spiro atoms. The maximum atomic E-state index is 5.65. The van der Waals surface area contributed by atoms with Gasteiger partial charge in [-0.3, -0.25) is 0 Å². The number of nitrogens with zero attached hydrogens (tertiary/aromatic N) is 4. The molecular formula is C28H32N6S. The summed E-state index contributed by atoms with van der Waals surface area (Å²) in [6.45, 7) is 3.61. The van der Waals surface area contributed by atoms with Gasteiger partial charge in [0.15, 0.2) is 5.11 Å². The van der Waals surface area contributed by atoms with Gasteiger partial charge in [-0.05, 0) is 60.2 Å². The molecule has 6 rings (SSSR count). The van der Waals surface area contributed by atoms with Crippen LogP contribution in [0.1, 0.15) is 47.9 Å². The number of nitrogens with one attached hydrogen (secondary N) is 2. The van der Waals surface area contributed by atoms with Crippen molar-refractivity contribution in [1.29, 1.82) is 0 Å². The Labute approximate surface area is 212 Å². The highest BCUT2D eigenvalue weighted by Gasteiger charge is 2.23. The number of aromatic nitrogens is 2. The third-order valence-corrected chi connectivity index (χ3v) is 7.74. The van der Waals surface area contributed by atoms with Crippen molar-refractivity contribution in [1.82, 2.24) is 15.3 Å². The normalized spacial score (nSPS) is 17.6. The maximum Gasteiger partial charge on any atom is 0.232 e. The molecule has 1 aliphatic carbocycles. The summed E-state index contributed by atoms with van der Waals surface area (Å²) < 4.78 is 0. The van der Waals surface area contributed by atoms with Crippen LogP contribution in [0.15, 0.2) is 54.6 Å². The number of anilines is 3. The Kier molecular flexibility index (Phi) is 6.25. The van der Waals surface area contributed by atoms with Crippen LogP contribution in [0.25, 0.3) is 0 Å². The molecule has 1 aromatic heterocycles. The molecule has 2 N–H and O–H groups in total. The van der Waals surface area contributed by atoms with E-state index in [-0.39, 0.29) is 0 Å². The molecule has 1 saturated carbocycles. The van der Waals surface area contributed by atoms with Gasteiger partial charge < -0.3 is 20.4 Å². The standard InChI is InChI=1S/C28H32N6S/c35-28(29-24-11-5-6-12-24)32-27-30-25(33-15-13-20-7-1-3-9-22(20)18-33)17-26(31-27)34-16-14-21-8-2-4-10-23(21)19-34/h1-4,7-10,17,24H,5-6,11-16,18-19H2,(H2,29,30,31,32,35). The summed E-state index contributed by atoms with van der Waals surface area (Å²) in [5, 5.41) is 7.39. The molecule has 7 heteroatoms. The number of fused-ring (bicyclic) bond motifs is 2. The summed E-state index contributed by atoms with van der Waals surface area (Å²) in [4.78, 5) is 14.6. The van der Waals surface area contributed by atoms with Crippen LogP contribution in [0.4, 0.5) is 17.6 Å². The molecule has 0 saturated heterocycles. The lowest BCUT2D eigenvalue weighted by molar-refractivity contribution is 0.634. The lowest BCUT2D eigenvalue weighted by atomic mass is 9.99. The predicted molar refractivity (Wildman–Crippen MR) is 146 cm³/mol. The van der Waals surface area contributed by atoms with E-state index in [1.807, 2.05) is 0 Å². The molecule has 1 fully saturated rings. The van der Waals surface area contributed by atoms with E-state index in [4.69, 9.17) is 22.2 Å². The summed E-state index contributed by atoms with van der Waals surface area (Å²) in [5.74, 6) is 2.48. The Morgan fingerprint density at radius 2 is 1.29 bits per heavy atom. The first-order valence-electron chi connectivity index (χ1n) is 12.8. The van der Waals surface area contributed by atoms with Gasteiger partial charge >= 0.3 is 0 Å². The number of thiocarbonyl (C=S) groups is 1. The first-order valence-corrected chi connectivity index (χ1v) is 13.2. The van der Waals surface area contributed by atoms with E-state index in [0.29, 0.717) is 17.1 Å². The van der Waals surface area contributed by atoms with Crippen molar-refractivity contribution in [2.45, 2.75) is 57.7 Å². The number of rotatable bonds is 4. The first-order chi connectivity index (χ1) is 17.2. The molecule has 3 heterocycles. The average molecular weight is 485 g/mol. The summed E-state index contributed by atoms with van der Waals surface area (Å²) in [6.07, 6.45) is 6.93. The maximum absolute atomic E-state index is 5.65. The molecule has 2 aliphatic heterocycles. The molecule has 0 amide bonds. The summed E-state index contributed by atoms with van der Waals surface area (Å²) in [7, 11) is 0. The van der Waals surface area contributed by atoms with Crippen molar-refractivity contribution >= 4 is 34.9 Å². The van der Waals surface area contributed by atoms with Crippen LogP contribution in [0.3, 0.4) is 0 Å². The van der Waals surface area contributed by atoms with Crippen LogP contribution in [0, 0.1) is 0 Å². The minimum atomic E-state index is 0.454. The Bertz CT molecular complexity index is 1150. The zero-order valence-electron chi connectivity index (χ0n) is 20.0. The minimum absolute atomic E-state index is 0.454. The molecule has 0 atom stereocenters. The Morgan fingerprint density at radius 1 is 0.771 bits per heavy atom. The highest BCUT2D eigenvalue weighted by molar-refractivity contribution is 7.80. The second-order valence-electron chi connectivity index (χ2n) is 9.87. The van der Waals surface area contributed by atoms with Crippen molar-refractivity contribution in [3.05, 3.63) is 76.9 Å². The van der Waals surface area contributed by atoms with Crippen LogP contribution in [-0.2, 0) is 25.9 Å². The Balaban J connectivity index is 1.28. The van der Waals surface area contributed by atoms with E-state index in [0.717, 1.165) is 50.7 Å². The zero-order valence-corrected chi connectivity index (χ0v) is 20.9. The minimum Gasteiger partial charge on any atom is -0.360 e. The summed E-state index contributed by atoms with van der Waals surface area (Å²) in [6, 6.07) is 20.0. The van der Waals surface area contributed by atoms with Crippen LogP contribution >= 0.6 is 12.2 Å². The van der Waals surface area contributed by atoms with Crippen molar-refractivity contribution < 1.29 is 0 Å². The smallest absolute Gasteiger partial charge is 0.232 e. The molecular weight excluding hydrogens is 452 g/mol. The van der Waals surface area contributed by atoms with Gasteiger partial charge in [-0.25, -0.2) is 0 Å². The third kappa shape index (κ3) is 4.96. The Hall–Kier alpha value is -3.19. The monoisotopic (exact) mass is 484 g/mol. The molecule has 0 unspecified atom stereocenters. The van der Waals surface area contributed by atoms with Crippen molar-refractivity contribution in [3.63, 3.8) is 0 Å². The lowest BCUT2D eigenvalue weighted by Gasteiger charge is -2.33. The highest BCUT2D eigenvalue weighted by Crippen LogP contribution is 2.29. The van der Waals surface area contributed by atoms with E-state index in [1.54, 1.807) is 0 Å². The largest absolute Gasteiger partial charge is 0.360 e. The zero-order chi connectivity index (χ0) is 23.6. The van der Waals surface area contributed by atoms with E-state index in [1.165, 1.54) is 47.9 Å². The fraction of sp³-hybridized carbons (Fsp3) is 0.393. The highest BCUT2D eigenvalue weighted by atomic mass is 32.1. The van der Waals surface area contributed by atoms with Crippen LogP contribution in [0.2, 0.25) is 0 Å². The van der Waals surface area contributed by atoms with E-state index in [2.05, 4.69) is 75.0 Å². The van der Waals surface area contributed by atoms with Gasteiger partial charge in [-0.1, -0.05) is 61.4 Å². The number of benzene rings is 2. The second kappa shape index (κ2) is 9.82. The first kappa shape index (κ1) is 22.3. The molecule has 180 valence electrons. The fourth-order valence-electron chi connectivity index (χ4n) is 5.58. The fourth-order valence-corrected chi connectivity index (χ4v) is 5.84. The van der Waals surface area contributed by atoms with E-state index < -0.39 is 0 Å². The van der Waals surface area contributed by atoms with Gasteiger partial charge in [0.25, 0.3) is 0 Å². The lowest BCUT2D eigenvalue weighted by Crippen LogP contribution is -2.37. The predicted octanol–water partition coefficient (Wildman–Crippen LogP) is 4.83. The molecule has 35 heavy (non-hydrogen) atoms. The van der Waals surface area contributed by atoms with Gasteiger partial charge in [-0.15, -0.1) is 0 Å².